The molecule has 0 bridgehead atoms. The largest absolute Gasteiger partial charge is 0.379 e. The molecular weight excluding hydrogens is 344 g/mol. The zero-order chi connectivity index (χ0) is 18.8. The van der Waals surface area contributed by atoms with Crippen LogP contribution in [0, 0.1) is 0 Å². The number of hydrogen-bond acceptors (Lipinski definition) is 5. The van der Waals surface area contributed by atoms with Crippen LogP contribution in [0.2, 0.25) is 0 Å². The Morgan fingerprint density at radius 1 is 1.30 bits per heavy atom. The van der Waals surface area contributed by atoms with Gasteiger partial charge in [0.1, 0.15) is 5.82 Å². The molecule has 8 heteroatoms. The van der Waals surface area contributed by atoms with Crippen molar-refractivity contribution in [2.75, 3.05) is 31.6 Å². The van der Waals surface area contributed by atoms with Gasteiger partial charge in [-0.25, -0.2) is 4.98 Å². The van der Waals surface area contributed by atoms with E-state index < -0.39 is 0 Å². The lowest BCUT2D eigenvalue weighted by atomic mass is 10.1. The third kappa shape index (κ3) is 4.01. The van der Waals surface area contributed by atoms with Crippen molar-refractivity contribution in [3.63, 3.8) is 0 Å². The number of rotatable bonds is 5. The minimum Gasteiger partial charge on any atom is -0.379 e. The minimum absolute atomic E-state index is 0.231. The molecule has 1 aliphatic heterocycles. The van der Waals surface area contributed by atoms with Crippen molar-refractivity contribution in [1.82, 2.24) is 25.1 Å². The lowest BCUT2D eigenvalue weighted by molar-refractivity contribution is 0.0332. The van der Waals surface area contributed by atoms with Gasteiger partial charge >= 0.3 is 0 Å². The lowest BCUT2D eigenvalue weighted by Gasteiger charge is -2.25. The van der Waals surface area contributed by atoms with E-state index in [0.717, 1.165) is 55.4 Å². The second kappa shape index (κ2) is 7.50. The van der Waals surface area contributed by atoms with Crippen LogP contribution in [-0.2, 0) is 11.3 Å². The smallest absolute Gasteiger partial charge is 0.276 e. The second-order valence-electron chi connectivity index (χ2n) is 7.12. The summed E-state index contributed by atoms with van der Waals surface area (Å²) in [7, 11) is 0. The third-order valence-electron chi connectivity index (χ3n) is 4.72. The molecule has 142 valence electrons. The van der Waals surface area contributed by atoms with Crippen molar-refractivity contribution in [2.45, 2.75) is 26.3 Å². The predicted molar refractivity (Wildman–Crippen MR) is 103 cm³/mol. The molecule has 1 fully saturated rings. The highest BCUT2D eigenvalue weighted by atomic mass is 16.5. The van der Waals surface area contributed by atoms with Gasteiger partial charge < -0.3 is 15.0 Å². The summed E-state index contributed by atoms with van der Waals surface area (Å²) in [5, 5.41) is 9.89. The normalized spacial score (nSPS) is 15.5. The van der Waals surface area contributed by atoms with Gasteiger partial charge in [0.05, 0.1) is 30.8 Å². The van der Waals surface area contributed by atoms with Crippen LogP contribution in [0.25, 0.3) is 11.0 Å². The average Bonchev–Trinajstić information content (AvgIpc) is 3.29. The fraction of sp³-hybridized carbons (Fsp3) is 0.421. The number of nitrogens with zero attached hydrogens (tertiary/aromatic N) is 3. The number of carbonyl (C=O) groups is 1. The van der Waals surface area contributed by atoms with Gasteiger partial charge in [0, 0.05) is 24.5 Å². The number of fused-ring (bicyclic) bond motifs is 1. The Balaban J connectivity index is 1.46. The molecule has 4 rings (SSSR count). The number of H-pyrrole nitrogens is 2. The number of hydrogen-bond donors (Lipinski definition) is 3. The Kier molecular flexibility index (Phi) is 4.91. The van der Waals surface area contributed by atoms with E-state index in [1.54, 1.807) is 6.07 Å². The SMILES string of the molecule is CC(C)c1cc(C(=O)Nc2ccc3nc(CN4CCOCC4)[nH]c3c2)n[nH]1. The van der Waals surface area contributed by atoms with Gasteiger partial charge in [0.25, 0.3) is 5.91 Å². The Bertz CT molecular complexity index is 939. The average molecular weight is 368 g/mol. The van der Waals surface area contributed by atoms with Gasteiger partial charge in [-0.15, -0.1) is 0 Å². The molecule has 0 aliphatic carbocycles. The van der Waals surface area contributed by atoms with Crippen LogP contribution < -0.4 is 5.32 Å². The van der Waals surface area contributed by atoms with E-state index in [0.29, 0.717) is 17.3 Å². The van der Waals surface area contributed by atoms with Crippen LogP contribution in [0.5, 0.6) is 0 Å². The Labute approximate surface area is 157 Å². The van der Waals surface area contributed by atoms with Crippen molar-refractivity contribution < 1.29 is 9.53 Å². The fourth-order valence-corrected chi connectivity index (χ4v) is 3.13. The zero-order valence-corrected chi connectivity index (χ0v) is 15.6. The first-order chi connectivity index (χ1) is 13.1. The summed E-state index contributed by atoms with van der Waals surface area (Å²) < 4.78 is 5.38. The van der Waals surface area contributed by atoms with E-state index in [-0.39, 0.29) is 5.91 Å². The number of imidazole rings is 1. The van der Waals surface area contributed by atoms with Gasteiger partial charge in [-0.2, -0.15) is 5.10 Å². The quantitative estimate of drug-likeness (QED) is 0.643. The Hall–Kier alpha value is -2.71. The maximum Gasteiger partial charge on any atom is 0.276 e. The number of benzene rings is 1. The first kappa shape index (κ1) is 17.7. The van der Waals surface area contributed by atoms with Crippen LogP contribution in [0.1, 0.15) is 41.8 Å². The molecular formula is C19H24N6O2. The highest BCUT2D eigenvalue weighted by Gasteiger charge is 2.15. The summed E-state index contributed by atoms with van der Waals surface area (Å²) in [4.78, 5) is 22.7. The van der Waals surface area contributed by atoms with Gasteiger partial charge in [-0.1, -0.05) is 13.8 Å². The van der Waals surface area contributed by atoms with Crippen LogP contribution in [-0.4, -0.2) is 57.3 Å². The molecule has 0 saturated carbocycles. The summed E-state index contributed by atoms with van der Waals surface area (Å²) in [5.41, 5.74) is 3.83. The molecule has 1 aliphatic rings. The molecule has 0 spiro atoms. The molecule has 27 heavy (non-hydrogen) atoms. The molecule has 1 aromatic carbocycles. The van der Waals surface area contributed by atoms with Crippen molar-refractivity contribution in [3.8, 4) is 0 Å². The maximum atomic E-state index is 12.4. The van der Waals surface area contributed by atoms with E-state index in [4.69, 9.17) is 4.74 Å². The van der Waals surface area contributed by atoms with Crippen LogP contribution in [0.4, 0.5) is 5.69 Å². The molecule has 3 aromatic rings. The number of amides is 1. The van der Waals surface area contributed by atoms with Gasteiger partial charge in [0.15, 0.2) is 5.69 Å². The van der Waals surface area contributed by atoms with Crippen LogP contribution >= 0.6 is 0 Å². The van der Waals surface area contributed by atoms with Crippen LogP contribution in [0.15, 0.2) is 24.3 Å². The van der Waals surface area contributed by atoms with Crippen molar-refractivity contribution in [2.24, 2.45) is 0 Å². The first-order valence-electron chi connectivity index (χ1n) is 9.24. The molecule has 0 radical (unpaired) electrons. The molecule has 1 amide bonds. The van der Waals surface area contributed by atoms with Gasteiger partial charge in [-0.05, 0) is 30.2 Å². The molecule has 1 saturated heterocycles. The summed E-state index contributed by atoms with van der Waals surface area (Å²) in [6, 6.07) is 7.46. The van der Waals surface area contributed by atoms with E-state index >= 15 is 0 Å². The van der Waals surface area contributed by atoms with Crippen molar-refractivity contribution in [1.29, 1.82) is 0 Å². The number of morpholine rings is 1. The van der Waals surface area contributed by atoms with E-state index in [1.807, 2.05) is 18.2 Å². The molecule has 0 unspecified atom stereocenters. The molecule has 3 heterocycles. The first-order valence-corrected chi connectivity index (χ1v) is 9.24. The van der Waals surface area contributed by atoms with E-state index in [9.17, 15) is 4.79 Å². The topological polar surface area (TPSA) is 98.9 Å². The fourth-order valence-electron chi connectivity index (χ4n) is 3.13. The van der Waals surface area contributed by atoms with Crippen LogP contribution in [0.3, 0.4) is 0 Å². The summed E-state index contributed by atoms with van der Waals surface area (Å²) >= 11 is 0. The second-order valence-corrected chi connectivity index (χ2v) is 7.12. The van der Waals surface area contributed by atoms with E-state index in [2.05, 4.69) is 44.2 Å². The number of nitrogens with one attached hydrogen (secondary N) is 3. The molecule has 3 N–H and O–H groups in total. The molecule has 2 aromatic heterocycles. The summed E-state index contributed by atoms with van der Waals surface area (Å²) in [5.74, 6) is 0.986. The minimum atomic E-state index is -0.231. The summed E-state index contributed by atoms with van der Waals surface area (Å²) in [6.45, 7) is 8.24. The van der Waals surface area contributed by atoms with Crippen molar-refractivity contribution >= 4 is 22.6 Å². The standard InChI is InChI=1S/C19H24N6O2/c1-12(2)15-10-17(24-23-15)19(26)20-13-3-4-14-16(9-13)22-18(21-14)11-25-5-7-27-8-6-25/h3-4,9-10,12H,5-8,11H2,1-2H3,(H,20,26)(H,21,22)(H,23,24). The van der Waals surface area contributed by atoms with Crippen molar-refractivity contribution in [3.05, 3.63) is 41.5 Å². The van der Waals surface area contributed by atoms with Gasteiger partial charge in [-0.3, -0.25) is 14.8 Å². The molecule has 8 nitrogen and oxygen atoms in total. The van der Waals surface area contributed by atoms with Gasteiger partial charge in [0.2, 0.25) is 0 Å². The molecule has 0 atom stereocenters. The number of carbonyl (C=O) groups excluding carboxylic acids is 1. The number of ether oxygens (including phenoxy) is 1. The Morgan fingerprint density at radius 2 is 2.11 bits per heavy atom. The maximum absolute atomic E-state index is 12.4. The number of aromatic nitrogens is 4. The number of aromatic amines is 2. The third-order valence-corrected chi connectivity index (χ3v) is 4.72. The predicted octanol–water partition coefficient (Wildman–Crippen LogP) is 2.49. The highest BCUT2D eigenvalue weighted by molar-refractivity contribution is 6.03. The van der Waals surface area contributed by atoms with E-state index in [1.165, 1.54) is 0 Å². The highest BCUT2D eigenvalue weighted by Crippen LogP contribution is 2.19. The lowest BCUT2D eigenvalue weighted by Crippen LogP contribution is -2.35. The number of anilines is 1. The zero-order valence-electron chi connectivity index (χ0n) is 15.6. The monoisotopic (exact) mass is 368 g/mol. The summed E-state index contributed by atoms with van der Waals surface area (Å²) in [6.07, 6.45) is 0. The Morgan fingerprint density at radius 3 is 2.85 bits per heavy atom.